The van der Waals surface area contributed by atoms with Crippen LogP contribution < -0.4 is 14.8 Å². The molecule has 1 N–H and O–H groups in total. The number of benzene rings is 1. The first-order valence-electron chi connectivity index (χ1n) is 5.84. The molecule has 0 aromatic heterocycles. The highest BCUT2D eigenvalue weighted by Gasteiger charge is 2.19. The Morgan fingerprint density at radius 3 is 2.44 bits per heavy atom. The SMILES string of the molecule is COc1cc(OC)cc(C(=O)N[C@H]2CCOC2)c1. The fourth-order valence-corrected chi connectivity index (χ4v) is 1.86. The Labute approximate surface area is 106 Å². The molecule has 1 saturated heterocycles. The summed E-state index contributed by atoms with van der Waals surface area (Å²) in [6.07, 6.45) is 0.854. The molecular formula is C13H17NO4. The Morgan fingerprint density at radius 2 is 1.94 bits per heavy atom. The minimum absolute atomic E-state index is 0.0923. The van der Waals surface area contributed by atoms with Crippen LogP contribution in [-0.4, -0.2) is 39.4 Å². The number of ether oxygens (including phenoxy) is 3. The van der Waals surface area contributed by atoms with E-state index in [-0.39, 0.29) is 11.9 Å². The predicted octanol–water partition coefficient (Wildman–Crippen LogP) is 1.22. The monoisotopic (exact) mass is 251 g/mol. The summed E-state index contributed by atoms with van der Waals surface area (Å²) >= 11 is 0. The molecule has 1 aliphatic heterocycles. The van der Waals surface area contributed by atoms with E-state index in [2.05, 4.69) is 5.32 Å². The number of amides is 1. The summed E-state index contributed by atoms with van der Waals surface area (Å²) in [4.78, 5) is 12.1. The molecule has 98 valence electrons. The van der Waals surface area contributed by atoms with Gasteiger partial charge in [0.1, 0.15) is 11.5 Å². The van der Waals surface area contributed by atoms with E-state index in [0.29, 0.717) is 30.3 Å². The van der Waals surface area contributed by atoms with E-state index in [4.69, 9.17) is 14.2 Å². The Balaban J connectivity index is 2.12. The second kappa shape index (κ2) is 5.73. The number of carbonyl (C=O) groups excluding carboxylic acids is 1. The fourth-order valence-electron chi connectivity index (χ4n) is 1.86. The third-order valence-corrected chi connectivity index (χ3v) is 2.88. The van der Waals surface area contributed by atoms with Crippen molar-refractivity contribution in [2.45, 2.75) is 12.5 Å². The van der Waals surface area contributed by atoms with E-state index in [1.54, 1.807) is 32.4 Å². The molecule has 0 spiro atoms. The van der Waals surface area contributed by atoms with E-state index in [1.165, 1.54) is 0 Å². The summed E-state index contributed by atoms with van der Waals surface area (Å²) < 4.78 is 15.5. The highest BCUT2D eigenvalue weighted by molar-refractivity contribution is 5.95. The first-order chi connectivity index (χ1) is 8.72. The first kappa shape index (κ1) is 12.7. The zero-order valence-electron chi connectivity index (χ0n) is 10.6. The molecule has 0 saturated carbocycles. The van der Waals surface area contributed by atoms with Gasteiger partial charge in [-0.15, -0.1) is 0 Å². The number of hydrogen-bond donors (Lipinski definition) is 1. The second-order valence-electron chi connectivity index (χ2n) is 4.14. The van der Waals surface area contributed by atoms with Gasteiger partial charge < -0.3 is 19.5 Å². The van der Waals surface area contributed by atoms with Gasteiger partial charge in [-0.25, -0.2) is 0 Å². The molecule has 0 radical (unpaired) electrons. The van der Waals surface area contributed by atoms with Crippen molar-refractivity contribution in [2.24, 2.45) is 0 Å². The van der Waals surface area contributed by atoms with Gasteiger partial charge in [-0.2, -0.15) is 0 Å². The van der Waals surface area contributed by atoms with Crippen LogP contribution in [0.2, 0.25) is 0 Å². The molecule has 0 unspecified atom stereocenters. The Bertz CT molecular complexity index is 405. The summed E-state index contributed by atoms with van der Waals surface area (Å²) in [5.41, 5.74) is 0.526. The molecule has 1 aliphatic rings. The molecule has 0 aliphatic carbocycles. The van der Waals surface area contributed by atoms with E-state index in [0.717, 1.165) is 6.42 Å². The molecule has 1 amide bonds. The zero-order valence-corrected chi connectivity index (χ0v) is 10.6. The van der Waals surface area contributed by atoms with Crippen LogP contribution in [0.5, 0.6) is 11.5 Å². The molecule has 1 atom stereocenters. The van der Waals surface area contributed by atoms with Crippen molar-refractivity contribution in [3.63, 3.8) is 0 Å². The fraction of sp³-hybridized carbons (Fsp3) is 0.462. The van der Waals surface area contributed by atoms with E-state index < -0.39 is 0 Å². The van der Waals surface area contributed by atoms with Crippen LogP contribution in [0.3, 0.4) is 0 Å². The third-order valence-electron chi connectivity index (χ3n) is 2.88. The summed E-state index contributed by atoms with van der Waals surface area (Å²) in [6.45, 7) is 1.28. The lowest BCUT2D eigenvalue weighted by Crippen LogP contribution is -2.35. The van der Waals surface area contributed by atoms with Crippen molar-refractivity contribution >= 4 is 5.91 Å². The van der Waals surface area contributed by atoms with Crippen molar-refractivity contribution in [3.05, 3.63) is 23.8 Å². The molecule has 1 fully saturated rings. The highest BCUT2D eigenvalue weighted by atomic mass is 16.5. The highest BCUT2D eigenvalue weighted by Crippen LogP contribution is 2.22. The molecule has 1 heterocycles. The predicted molar refractivity (Wildman–Crippen MR) is 66.2 cm³/mol. The Morgan fingerprint density at radius 1 is 1.28 bits per heavy atom. The van der Waals surface area contributed by atoms with Crippen LogP contribution in [-0.2, 0) is 4.74 Å². The standard InChI is InChI=1S/C13H17NO4/c1-16-11-5-9(6-12(7-11)17-2)13(15)14-10-3-4-18-8-10/h5-7,10H,3-4,8H2,1-2H3,(H,14,15)/t10-/m0/s1. The van der Waals surface area contributed by atoms with Crippen LogP contribution in [0.15, 0.2) is 18.2 Å². The first-order valence-corrected chi connectivity index (χ1v) is 5.84. The van der Waals surface area contributed by atoms with Gasteiger partial charge in [-0.1, -0.05) is 0 Å². The van der Waals surface area contributed by atoms with Gasteiger partial charge in [-0.05, 0) is 18.6 Å². The number of methoxy groups -OCH3 is 2. The van der Waals surface area contributed by atoms with Crippen LogP contribution in [0.25, 0.3) is 0 Å². The third kappa shape index (κ3) is 2.92. The van der Waals surface area contributed by atoms with Gasteiger partial charge in [0.05, 0.1) is 26.9 Å². The lowest BCUT2D eigenvalue weighted by molar-refractivity contribution is 0.0929. The minimum Gasteiger partial charge on any atom is -0.497 e. The maximum absolute atomic E-state index is 12.1. The van der Waals surface area contributed by atoms with Gasteiger partial charge >= 0.3 is 0 Å². The average Bonchev–Trinajstić information content (AvgIpc) is 2.90. The van der Waals surface area contributed by atoms with Gasteiger partial charge in [0.25, 0.3) is 5.91 Å². The molecule has 0 bridgehead atoms. The van der Waals surface area contributed by atoms with Crippen LogP contribution in [0, 0.1) is 0 Å². The summed E-state index contributed by atoms with van der Waals surface area (Å²) in [5.74, 6) is 1.06. The maximum atomic E-state index is 12.1. The molecular weight excluding hydrogens is 234 g/mol. The summed E-state index contributed by atoms with van der Waals surface area (Å²) in [6, 6.07) is 5.20. The maximum Gasteiger partial charge on any atom is 0.251 e. The molecule has 18 heavy (non-hydrogen) atoms. The quantitative estimate of drug-likeness (QED) is 0.874. The molecule has 5 heteroatoms. The van der Waals surface area contributed by atoms with Crippen molar-refractivity contribution in [1.29, 1.82) is 0 Å². The lowest BCUT2D eigenvalue weighted by Gasteiger charge is -2.12. The Hall–Kier alpha value is -1.75. The van der Waals surface area contributed by atoms with Gasteiger partial charge in [-0.3, -0.25) is 4.79 Å². The van der Waals surface area contributed by atoms with Crippen molar-refractivity contribution in [3.8, 4) is 11.5 Å². The van der Waals surface area contributed by atoms with Gasteiger partial charge in [0.2, 0.25) is 0 Å². The van der Waals surface area contributed by atoms with Crippen molar-refractivity contribution in [2.75, 3.05) is 27.4 Å². The minimum atomic E-state index is -0.136. The summed E-state index contributed by atoms with van der Waals surface area (Å²) in [5, 5.41) is 2.92. The normalized spacial score (nSPS) is 18.4. The number of carbonyl (C=O) groups is 1. The van der Waals surface area contributed by atoms with Crippen molar-refractivity contribution < 1.29 is 19.0 Å². The van der Waals surface area contributed by atoms with E-state index >= 15 is 0 Å². The van der Waals surface area contributed by atoms with Crippen molar-refractivity contribution in [1.82, 2.24) is 5.32 Å². The molecule has 2 rings (SSSR count). The smallest absolute Gasteiger partial charge is 0.251 e. The number of rotatable bonds is 4. The summed E-state index contributed by atoms with van der Waals surface area (Å²) in [7, 11) is 3.11. The molecule has 1 aromatic carbocycles. The van der Waals surface area contributed by atoms with Gasteiger partial charge in [0.15, 0.2) is 0 Å². The number of hydrogen-bond acceptors (Lipinski definition) is 4. The lowest BCUT2D eigenvalue weighted by atomic mass is 10.1. The molecule has 1 aromatic rings. The van der Waals surface area contributed by atoms with Crippen LogP contribution in [0.4, 0.5) is 0 Å². The zero-order chi connectivity index (χ0) is 13.0. The second-order valence-corrected chi connectivity index (χ2v) is 4.14. The topological polar surface area (TPSA) is 56.8 Å². The van der Waals surface area contributed by atoms with Gasteiger partial charge in [0, 0.05) is 18.2 Å². The Kier molecular flexibility index (Phi) is 4.04. The van der Waals surface area contributed by atoms with Crippen LogP contribution in [0.1, 0.15) is 16.8 Å². The van der Waals surface area contributed by atoms with E-state index in [1.807, 2.05) is 0 Å². The number of nitrogens with one attached hydrogen (secondary N) is 1. The van der Waals surface area contributed by atoms with Crippen LogP contribution >= 0.6 is 0 Å². The average molecular weight is 251 g/mol. The van der Waals surface area contributed by atoms with E-state index in [9.17, 15) is 4.79 Å². The largest absolute Gasteiger partial charge is 0.497 e. The molecule has 5 nitrogen and oxygen atoms in total.